The first-order chi connectivity index (χ1) is 13.6. The van der Waals surface area contributed by atoms with Gasteiger partial charge in [-0.25, -0.2) is 9.59 Å². The van der Waals surface area contributed by atoms with E-state index in [1.54, 1.807) is 54.8 Å². The van der Waals surface area contributed by atoms with Crippen LogP contribution in [0.3, 0.4) is 0 Å². The Hall–Kier alpha value is -3.39. The molecule has 1 amide bonds. The van der Waals surface area contributed by atoms with Crippen LogP contribution in [0, 0.1) is 0 Å². The number of carbonyl (C=O) groups excluding carboxylic acids is 3. The molecular formula is C20H17NO6S. The van der Waals surface area contributed by atoms with Crippen molar-refractivity contribution in [1.82, 2.24) is 0 Å². The molecule has 0 radical (unpaired) electrons. The van der Waals surface area contributed by atoms with Crippen molar-refractivity contribution in [2.45, 2.75) is 6.92 Å². The second-order valence-corrected chi connectivity index (χ2v) is 6.42. The molecule has 0 saturated heterocycles. The van der Waals surface area contributed by atoms with Crippen LogP contribution < -0.4 is 5.32 Å². The lowest BCUT2D eigenvalue weighted by Crippen LogP contribution is -2.21. The summed E-state index contributed by atoms with van der Waals surface area (Å²) in [5.41, 5.74) is 1.06. The number of esters is 2. The Labute approximate surface area is 164 Å². The molecule has 0 unspecified atom stereocenters. The number of anilines is 1. The first kappa shape index (κ1) is 19.4. The summed E-state index contributed by atoms with van der Waals surface area (Å²) < 4.78 is 15.5. The lowest BCUT2D eigenvalue weighted by molar-refractivity contribution is -0.119. The molecule has 1 N–H and O–H groups in total. The van der Waals surface area contributed by atoms with E-state index in [9.17, 15) is 14.4 Å². The molecule has 0 saturated carbocycles. The lowest BCUT2D eigenvalue weighted by atomic mass is 10.1. The fourth-order valence-electron chi connectivity index (χ4n) is 2.42. The lowest BCUT2D eigenvalue weighted by Gasteiger charge is -2.08. The first-order valence-corrected chi connectivity index (χ1v) is 9.32. The minimum atomic E-state index is -0.608. The van der Waals surface area contributed by atoms with Gasteiger partial charge in [0.1, 0.15) is 16.3 Å². The van der Waals surface area contributed by atoms with Gasteiger partial charge in [-0.1, -0.05) is 18.2 Å². The highest BCUT2D eigenvalue weighted by molar-refractivity contribution is 7.15. The smallest absolute Gasteiger partial charge is 0.341 e. The van der Waals surface area contributed by atoms with Crippen LogP contribution in [0.4, 0.5) is 5.00 Å². The van der Waals surface area contributed by atoms with E-state index in [4.69, 9.17) is 13.9 Å². The molecule has 144 valence electrons. The minimum absolute atomic E-state index is 0.189. The molecule has 3 rings (SSSR count). The number of benzene rings is 1. The fraction of sp³-hybridized carbons (Fsp3) is 0.150. The van der Waals surface area contributed by atoms with Crippen LogP contribution in [-0.2, 0) is 14.3 Å². The summed E-state index contributed by atoms with van der Waals surface area (Å²) in [4.78, 5) is 36.5. The van der Waals surface area contributed by atoms with Crippen LogP contribution in [0.1, 0.15) is 27.6 Å². The van der Waals surface area contributed by atoms with Crippen LogP contribution in [0.15, 0.2) is 58.5 Å². The van der Waals surface area contributed by atoms with Crippen molar-refractivity contribution in [1.29, 1.82) is 0 Å². The molecule has 28 heavy (non-hydrogen) atoms. The summed E-state index contributed by atoms with van der Waals surface area (Å²) in [5.74, 6) is -1.27. The highest BCUT2D eigenvalue weighted by Gasteiger charge is 2.24. The Bertz CT molecular complexity index is 962. The van der Waals surface area contributed by atoms with Crippen LogP contribution >= 0.6 is 11.3 Å². The SMILES string of the molecule is CCOC(=O)c1c(-c2ccco2)csc1NC(=O)COC(=O)c1ccccc1. The average Bonchev–Trinajstić information content (AvgIpc) is 3.36. The number of nitrogens with one attached hydrogen (secondary N) is 1. The first-order valence-electron chi connectivity index (χ1n) is 8.44. The highest BCUT2D eigenvalue weighted by atomic mass is 32.1. The van der Waals surface area contributed by atoms with E-state index in [0.29, 0.717) is 21.9 Å². The van der Waals surface area contributed by atoms with Gasteiger partial charge in [0.15, 0.2) is 6.61 Å². The fourth-order valence-corrected chi connectivity index (χ4v) is 3.37. The van der Waals surface area contributed by atoms with Gasteiger partial charge in [-0.2, -0.15) is 0 Å². The highest BCUT2D eigenvalue weighted by Crippen LogP contribution is 2.36. The van der Waals surface area contributed by atoms with Gasteiger partial charge < -0.3 is 19.2 Å². The van der Waals surface area contributed by atoms with E-state index in [0.717, 1.165) is 11.3 Å². The summed E-state index contributed by atoms with van der Waals surface area (Å²) in [6.07, 6.45) is 1.49. The van der Waals surface area contributed by atoms with Gasteiger partial charge in [0.05, 0.1) is 18.4 Å². The molecule has 0 aliphatic rings. The zero-order valence-corrected chi connectivity index (χ0v) is 15.8. The number of thiophene rings is 1. The van der Waals surface area contributed by atoms with E-state index in [1.165, 1.54) is 6.26 Å². The van der Waals surface area contributed by atoms with Gasteiger partial charge in [0, 0.05) is 10.9 Å². The molecule has 8 heteroatoms. The molecule has 1 aromatic carbocycles. The maximum atomic E-state index is 12.4. The number of hydrogen-bond donors (Lipinski definition) is 1. The van der Waals surface area contributed by atoms with Crippen molar-refractivity contribution in [3.8, 4) is 11.3 Å². The molecule has 0 fully saturated rings. The van der Waals surface area contributed by atoms with Crippen LogP contribution in [0.5, 0.6) is 0 Å². The van der Waals surface area contributed by atoms with E-state index in [2.05, 4.69) is 5.32 Å². The summed E-state index contributed by atoms with van der Waals surface area (Å²) in [7, 11) is 0. The molecule has 0 bridgehead atoms. The standard InChI is InChI=1S/C20H17NO6S/c1-2-25-20(24)17-14(15-9-6-10-26-15)12-28-18(17)21-16(22)11-27-19(23)13-7-4-3-5-8-13/h3-10,12H,2,11H2,1H3,(H,21,22). The Kier molecular flexibility index (Phi) is 6.23. The maximum Gasteiger partial charge on any atom is 0.341 e. The molecule has 0 atom stereocenters. The molecule has 3 aromatic rings. The summed E-state index contributed by atoms with van der Waals surface area (Å²) in [6, 6.07) is 11.8. The summed E-state index contributed by atoms with van der Waals surface area (Å²) >= 11 is 1.15. The third kappa shape index (κ3) is 4.47. The van der Waals surface area contributed by atoms with Crippen molar-refractivity contribution in [3.05, 3.63) is 65.2 Å². The predicted molar refractivity (Wildman–Crippen MR) is 103 cm³/mol. The van der Waals surface area contributed by atoms with Gasteiger partial charge in [-0.3, -0.25) is 4.79 Å². The molecule has 0 aliphatic heterocycles. The van der Waals surface area contributed by atoms with Crippen LogP contribution in [0.25, 0.3) is 11.3 Å². The van der Waals surface area contributed by atoms with Gasteiger partial charge in [0.25, 0.3) is 5.91 Å². The zero-order chi connectivity index (χ0) is 19.9. The maximum absolute atomic E-state index is 12.4. The van der Waals surface area contributed by atoms with Crippen molar-refractivity contribution in [2.75, 3.05) is 18.5 Å². The zero-order valence-electron chi connectivity index (χ0n) is 15.0. The Morgan fingerprint density at radius 1 is 1.04 bits per heavy atom. The number of rotatable bonds is 7. The Balaban J connectivity index is 1.72. The van der Waals surface area contributed by atoms with Gasteiger partial charge >= 0.3 is 11.9 Å². The molecule has 0 spiro atoms. The topological polar surface area (TPSA) is 94.8 Å². The number of carbonyl (C=O) groups is 3. The van der Waals surface area contributed by atoms with Crippen molar-refractivity contribution < 1.29 is 28.3 Å². The van der Waals surface area contributed by atoms with Crippen molar-refractivity contribution in [3.63, 3.8) is 0 Å². The Morgan fingerprint density at radius 2 is 1.82 bits per heavy atom. The summed E-state index contributed by atoms with van der Waals surface area (Å²) in [6.45, 7) is 1.40. The average molecular weight is 399 g/mol. The summed E-state index contributed by atoms with van der Waals surface area (Å²) in [5, 5.41) is 4.59. The predicted octanol–water partition coefficient (Wildman–Crippen LogP) is 3.98. The monoisotopic (exact) mass is 399 g/mol. The second kappa shape index (κ2) is 9.01. The normalized spacial score (nSPS) is 10.3. The van der Waals surface area contributed by atoms with E-state index >= 15 is 0 Å². The van der Waals surface area contributed by atoms with Crippen molar-refractivity contribution >= 4 is 34.2 Å². The van der Waals surface area contributed by atoms with E-state index in [-0.39, 0.29) is 12.2 Å². The van der Waals surface area contributed by atoms with Crippen LogP contribution in [0.2, 0.25) is 0 Å². The van der Waals surface area contributed by atoms with Crippen LogP contribution in [-0.4, -0.2) is 31.1 Å². The third-order valence-corrected chi connectivity index (χ3v) is 4.55. The number of hydrogen-bond acceptors (Lipinski definition) is 7. The largest absolute Gasteiger partial charge is 0.464 e. The second-order valence-electron chi connectivity index (χ2n) is 5.54. The molecule has 2 heterocycles. The van der Waals surface area contributed by atoms with Gasteiger partial charge in [-0.05, 0) is 31.2 Å². The number of amides is 1. The quantitative estimate of drug-likeness (QED) is 0.604. The van der Waals surface area contributed by atoms with Gasteiger partial charge in [0.2, 0.25) is 0 Å². The van der Waals surface area contributed by atoms with Crippen molar-refractivity contribution in [2.24, 2.45) is 0 Å². The van der Waals surface area contributed by atoms with Gasteiger partial charge in [-0.15, -0.1) is 11.3 Å². The molecule has 0 aliphatic carbocycles. The van der Waals surface area contributed by atoms with E-state index < -0.39 is 24.5 Å². The minimum Gasteiger partial charge on any atom is -0.464 e. The number of furan rings is 1. The number of ether oxygens (including phenoxy) is 2. The third-order valence-electron chi connectivity index (χ3n) is 3.65. The molecular weight excluding hydrogens is 382 g/mol. The molecule has 2 aromatic heterocycles. The Morgan fingerprint density at radius 3 is 2.50 bits per heavy atom. The molecule has 7 nitrogen and oxygen atoms in total. The van der Waals surface area contributed by atoms with E-state index in [1.807, 2.05) is 0 Å².